The van der Waals surface area contributed by atoms with Crippen LogP contribution in [0.4, 0.5) is 13.2 Å². The summed E-state index contributed by atoms with van der Waals surface area (Å²) in [6.45, 7) is 0.273. The van der Waals surface area contributed by atoms with Gasteiger partial charge in [-0.1, -0.05) is 0 Å². The van der Waals surface area contributed by atoms with Crippen molar-refractivity contribution in [2.75, 3.05) is 13.7 Å². The molecule has 0 radical (unpaired) electrons. The lowest BCUT2D eigenvalue weighted by molar-refractivity contribution is -0.139. The standard InChI is InChI=1S/C11H19F3N2O2/c1-7(10(17)15-6-11(12,13)14)16-8-3-4-9(5-8)18-2/h7-9,16H,3-6H2,1-2H3,(H,15,17). The number of hydrogen-bond acceptors (Lipinski definition) is 3. The van der Waals surface area contributed by atoms with E-state index < -0.39 is 24.7 Å². The van der Waals surface area contributed by atoms with Gasteiger partial charge in [0, 0.05) is 13.2 Å². The molecule has 0 bridgehead atoms. The van der Waals surface area contributed by atoms with Gasteiger partial charge in [-0.2, -0.15) is 13.2 Å². The minimum atomic E-state index is -4.37. The zero-order valence-corrected chi connectivity index (χ0v) is 10.5. The maximum atomic E-state index is 11.9. The van der Waals surface area contributed by atoms with Crippen LogP contribution >= 0.6 is 0 Å². The molecule has 0 spiro atoms. The molecule has 18 heavy (non-hydrogen) atoms. The van der Waals surface area contributed by atoms with E-state index in [1.165, 1.54) is 0 Å². The third-order valence-corrected chi connectivity index (χ3v) is 3.06. The van der Waals surface area contributed by atoms with E-state index in [4.69, 9.17) is 4.74 Å². The molecule has 0 aromatic carbocycles. The molecule has 0 saturated heterocycles. The van der Waals surface area contributed by atoms with Gasteiger partial charge >= 0.3 is 6.18 Å². The van der Waals surface area contributed by atoms with Crippen LogP contribution < -0.4 is 10.6 Å². The third-order valence-electron chi connectivity index (χ3n) is 3.06. The van der Waals surface area contributed by atoms with Crippen molar-refractivity contribution in [1.82, 2.24) is 10.6 Å². The van der Waals surface area contributed by atoms with E-state index >= 15 is 0 Å². The van der Waals surface area contributed by atoms with Crippen molar-refractivity contribution in [3.8, 4) is 0 Å². The van der Waals surface area contributed by atoms with Crippen molar-refractivity contribution in [1.29, 1.82) is 0 Å². The van der Waals surface area contributed by atoms with Gasteiger partial charge in [0.15, 0.2) is 0 Å². The average molecular weight is 268 g/mol. The number of carbonyl (C=O) groups is 1. The summed E-state index contributed by atoms with van der Waals surface area (Å²) in [5.41, 5.74) is 0. The van der Waals surface area contributed by atoms with Gasteiger partial charge in [-0.05, 0) is 26.2 Å². The van der Waals surface area contributed by atoms with Crippen LogP contribution in [0.1, 0.15) is 26.2 Å². The van der Waals surface area contributed by atoms with Crippen molar-refractivity contribution < 1.29 is 22.7 Å². The van der Waals surface area contributed by atoms with Crippen LogP contribution in [-0.4, -0.2) is 43.9 Å². The number of methoxy groups -OCH3 is 1. The Labute approximate surface area is 104 Å². The first-order valence-corrected chi connectivity index (χ1v) is 5.95. The average Bonchev–Trinajstić information content (AvgIpc) is 2.72. The van der Waals surface area contributed by atoms with Crippen LogP contribution in [0.25, 0.3) is 0 Å². The van der Waals surface area contributed by atoms with Crippen molar-refractivity contribution in [2.24, 2.45) is 0 Å². The van der Waals surface area contributed by atoms with E-state index in [-0.39, 0.29) is 12.1 Å². The molecule has 0 aromatic rings. The number of rotatable bonds is 5. The second kappa shape index (κ2) is 6.38. The van der Waals surface area contributed by atoms with Gasteiger partial charge in [0.2, 0.25) is 5.91 Å². The van der Waals surface area contributed by atoms with Gasteiger partial charge in [0.25, 0.3) is 0 Å². The van der Waals surface area contributed by atoms with Gasteiger partial charge in [-0.3, -0.25) is 4.79 Å². The zero-order valence-electron chi connectivity index (χ0n) is 10.5. The van der Waals surface area contributed by atoms with Crippen LogP contribution in [0.3, 0.4) is 0 Å². The molecule has 1 fully saturated rings. The van der Waals surface area contributed by atoms with E-state index in [0.29, 0.717) is 0 Å². The highest BCUT2D eigenvalue weighted by atomic mass is 19.4. The molecule has 0 aliphatic heterocycles. The first-order valence-electron chi connectivity index (χ1n) is 5.95. The molecule has 0 heterocycles. The molecule has 2 N–H and O–H groups in total. The van der Waals surface area contributed by atoms with Crippen molar-refractivity contribution in [3.05, 3.63) is 0 Å². The summed E-state index contributed by atoms with van der Waals surface area (Å²) >= 11 is 0. The minimum Gasteiger partial charge on any atom is -0.381 e. The fraction of sp³-hybridized carbons (Fsp3) is 0.909. The van der Waals surface area contributed by atoms with Gasteiger partial charge in [-0.25, -0.2) is 0 Å². The summed E-state index contributed by atoms with van der Waals surface area (Å²) < 4.78 is 41.0. The summed E-state index contributed by atoms with van der Waals surface area (Å²) in [6.07, 6.45) is -1.63. The van der Waals surface area contributed by atoms with Crippen molar-refractivity contribution in [2.45, 2.75) is 50.6 Å². The number of halogens is 3. The molecule has 1 saturated carbocycles. The Morgan fingerprint density at radius 1 is 1.44 bits per heavy atom. The summed E-state index contributed by atoms with van der Waals surface area (Å²) in [4.78, 5) is 11.4. The molecule has 0 aromatic heterocycles. The summed E-state index contributed by atoms with van der Waals surface area (Å²) in [6, 6.07) is -0.505. The topological polar surface area (TPSA) is 50.4 Å². The largest absolute Gasteiger partial charge is 0.405 e. The number of alkyl halides is 3. The fourth-order valence-electron chi connectivity index (χ4n) is 2.08. The number of nitrogens with one attached hydrogen (secondary N) is 2. The quantitative estimate of drug-likeness (QED) is 0.788. The number of carbonyl (C=O) groups excluding carboxylic acids is 1. The molecule has 4 nitrogen and oxygen atoms in total. The maximum absolute atomic E-state index is 11.9. The predicted molar refractivity (Wildman–Crippen MR) is 60.1 cm³/mol. The number of amides is 1. The van der Waals surface area contributed by atoms with E-state index in [9.17, 15) is 18.0 Å². The Kier molecular flexibility index (Phi) is 5.40. The molecule has 3 atom stereocenters. The Hall–Kier alpha value is -0.820. The summed E-state index contributed by atoms with van der Waals surface area (Å²) in [7, 11) is 1.63. The fourth-order valence-corrected chi connectivity index (χ4v) is 2.08. The number of hydrogen-bond donors (Lipinski definition) is 2. The number of ether oxygens (including phenoxy) is 1. The third kappa shape index (κ3) is 5.22. The highest BCUT2D eigenvalue weighted by molar-refractivity contribution is 5.81. The Morgan fingerprint density at radius 3 is 2.61 bits per heavy atom. The van der Waals surface area contributed by atoms with Gasteiger partial charge < -0.3 is 15.4 Å². The van der Waals surface area contributed by atoms with Gasteiger partial charge in [-0.15, -0.1) is 0 Å². The molecule has 106 valence electrons. The second-order valence-electron chi connectivity index (χ2n) is 4.59. The second-order valence-corrected chi connectivity index (χ2v) is 4.59. The maximum Gasteiger partial charge on any atom is 0.405 e. The Balaban J connectivity index is 2.28. The Morgan fingerprint density at radius 2 is 2.11 bits per heavy atom. The van der Waals surface area contributed by atoms with Gasteiger partial charge in [0.05, 0.1) is 12.1 Å². The molecule has 3 unspecified atom stereocenters. The summed E-state index contributed by atoms with van der Waals surface area (Å²) in [5, 5.41) is 4.88. The van der Waals surface area contributed by atoms with Crippen molar-refractivity contribution in [3.63, 3.8) is 0 Å². The zero-order chi connectivity index (χ0) is 13.8. The molecular formula is C11H19F3N2O2. The molecule has 1 amide bonds. The lowest BCUT2D eigenvalue weighted by atomic mass is 10.2. The molecule has 7 heteroatoms. The first-order chi connectivity index (χ1) is 8.31. The van der Waals surface area contributed by atoms with Crippen LogP contribution in [0, 0.1) is 0 Å². The van der Waals surface area contributed by atoms with E-state index in [0.717, 1.165) is 19.3 Å². The summed E-state index contributed by atoms with van der Waals surface area (Å²) in [5.74, 6) is -0.631. The monoisotopic (exact) mass is 268 g/mol. The van der Waals surface area contributed by atoms with E-state index in [2.05, 4.69) is 5.32 Å². The van der Waals surface area contributed by atoms with Crippen LogP contribution in [-0.2, 0) is 9.53 Å². The predicted octanol–water partition coefficient (Wildman–Crippen LogP) is 1.21. The molecule has 1 rings (SSSR count). The molecule has 1 aliphatic carbocycles. The first kappa shape index (κ1) is 15.2. The molecule has 1 aliphatic rings. The van der Waals surface area contributed by atoms with Crippen molar-refractivity contribution >= 4 is 5.91 Å². The Bertz CT molecular complexity index is 284. The lowest BCUT2D eigenvalue weighted by Crippen LogP contribution is -2.48. The smallest absolute Gasteiger partial charge is 0.381 e. The van der Waals surface area contributed by atoms with Crippen LogP contribution in [0.2, 0.25) is 0 Å². The van der Waals surface area contributed by atoms with Gasteiger partial charge in [0.1, 0.15) is 6.54 Å². The minimum absolute atomic E-state index is 0.126. The van der Waals surface area contributed by atoms with E-state index in [1.54, 1.807) is 14.0 Å². The highest BCUT2D eigenvalue weighted by Gasteiger charge is 2.30. The highest BCUT2D eigenvalue weighted by Crippen LogP contribution is 2.21. The SMILES string of the molecule is COC1CCC(NC(C)C(=O)NCC(F)(F)F)C1. The van der Waals surface area contributed by atoms with E-state index in [1.807, 2.05) is 5.32 Å². The normalized spacial score (nSPS) is 26.1. The van der Waals surface area contributed by atoms with Crippen LogP contribution in [0.15, 0.2) is 0 Å². The van der Waals surface area contributed by atoms with Crippen LogP contribution in [0.5, 0.6) is 0 Å². The lowest BCUT2D eigenvalue weighted by Gasteiger charge is -2.19. The molecular weight excluding hydrogens is 249 g/mol.